The van der Waals surface area contributed by atoms with Gasteiger partial charge in [-0.05, 0) is 29.8 Å². The molecule has 2 amide bonds. The molecule has 0 aliphatic carbocycles. The summed E-state index contributed by atoms with van der Waals surface area (Å²) in [5, 5.41) is 2.58. The molecular weight excluding hydrogens is 461 g/mol. The lowest BCUT2D eigenvalue weighted by Gasteiger charge is -2.17. The van der Waals surface area contributed by atoms with E-state index >= 15 is 0 Å². The van der Waals surface area contributed by atoms with Crippen LogP contribution in [0.15, 0.2) is 60.9 Å². The van der Waals surface area contributed by atoms with E-state index in [1.807, 2.05) is 36.5 Å². The van der Waals surface area contributed by atoms with Crippen LogP contribution in [0.25, 0.3) is 33.3 Å². The van der Waals surface area contributed by atoms with Gasteiger partial charge in [0, 0.05) is 48.6 Å². The Balaban J connectivity index is 1.81. The minimum Gasteiger partial charge on any atom is -0.496 e. The summed E-state index contributed by atoms with van der Waals surface area (Å²) >= 11 is 0. The van der Waals surface area contributed by atoms with Crippen LogP contribution >= 0.6 is 0 Å². The number of carbonyl (C=O) groups is 2. The Kier molecular flexibility index (Phi) is 6.21. The van der Waals surface area contributed by atoms with Crippen molar-refractivity contribution in [1.82, 2.24) is 14.9 Å². The van der Waals surface area contributed by atoms with Gasteiger partial charge < -0.3 is 19.9 Å². The Labute approximate surface area is 198 Å². The molecule has 4 aromatic rings. The number of hydrogen-bond acceptors (Lipinski definition) is 4. The fourth-order valence-electron chi connectivity index (χ4n) is 3.70. The third-order valence-electron chi connectivity index (χ3n) is 5.42. The number of benzene rings is 2. The minimum absolute atomic E-state index is 0.0794. The zero-order chi connectivity index (χ0) is 25.3. The van der Waals surface area contributed by atoms with Gasteiger partial charge in [-0.25, -0.2) is 4.98 Å². The molecule has 0 fully saturated rings. The maximum atomic E-state index is 12.8. The summed E-state index contributed by atoms with van der Waals surface area (Å²) in [6.45, 7) is 0. The minimum atomic E-state index is -5.09. The predicted molar refractivity (Wildman–Crippen MR) is 126 cm³/mol. The molecule has 2 aromatic carbocycles. The molecule has 0 atom stereocenters. The fourth-order valence-corrected chi connectivity index (χ4v) is 3.70. The summed E-state index contributed by atoms with van der Waals surface area (Å²) < 4.78 is 43.9. The quantitative estimate of drug-likeness (QED) is 0.414. The van der Waals surface area contributed by atoms with Crippen LogP contribution in [0.1, 0.15) is 10.4 Å². The Morgan fingerprint density at radius 1 is 1.03 bits per heavy atom. The van der Waals surface area contributed by atoms with E-state index in [9.17, 15) is 22.8 Å². The Hall–Kier alpha value is -4.34. The molecule has 0 saturated carbocycles. The fraction of sp³-hybridized carbons (Fsp3) is 0.160. The first-order valence-electron chi connectivity index (χ1n) is 10.4. The Morgan fingerprint density at radius 2 is 1.77 bits per heavy atom. The van der Waals surface area contributed by atoms with Gasteiger partial charge in [-0.15, -0.1) is 0 Å². The van der Waals surface area contributed by atoms with Crippen molar-refractivity contribution in [3.05, 3.63) is 66.5 Å². The number of methoxy groups -OCH3 is 1. The first kappa shape index (κ1) is 23.8. The van der Waals surface area contributed by atoms with Crippen LogP contribution in [0.4, 0.5) is 18.9 Å². The molecular formula is C25H21F3N4O3. The number of carbonyl (C=O) groups excluding carboxylic acids is 2. The van der Waals surface area contributed by atoms with Gasteiger partial charge in [0.25, 0.3) is 5.91 Å². The van der Waals surface area contributed by atoms with Gasteiger partial charge >= 0.3 is 12.1 Å². The number of nitrogens with one attached hydrogen (secondary N) is 2. The maximum absolute atomic E-state index is 12.8. The highest BCUT2D eigenvalue weighted by molar-refractivity contribution is 6.06. The number of aromatic nitrogens is 2. The number of halogens is 3. The molecule has 35 heavy (non-hydrogen) atoms. The highest BCUT2D eigenvalue weighted by Crippen LogP contribution is 2.36. The molecule has 0 aliphatic heterocycles. The normalized spacial score (nSPS) is 11.4. The van der Waals surface area contributed by atoms with Gasteiger partial charge in [0.2, 0.25) is 0 Å². The number of alkyl halides is 3. The van der Waals surface area contributed by atoms with Gasteiger partial charge in [-0.2, -0.15) is 13.2 Å². The van der Waals surface area contributed by atoms with E-state index in [-0.39, 0.29) is 11.3 Å². The molecule has 2 aromatic heterocycles. The summed E-state index contributed by atoms with van der Waals surface area (Å²) in [7, 11) is 4.52. The summed E-state index contributed by atoms with van der Waals surface area (Å²) in [6.07, 6.45) is -1.68. The average molecular weight is 482 g/mol. The third kappa shape index (κ3) is 4.68. The second-order valence-corrected chi connectivity index (χ2v) is 7.93. The van der Waals surface area contributed by atoms with Gasteiger partial charge in [-0.3, -0.25) is 9.59 Å². The predicted octanol–water partition coefficient (Wildman–Crippen LogP) is 5.11. The molecule has 2 heterocycles. The van der Waals surface area contributed by atoms with Crippen molar-refractivity contribution in [2.75, 3.05) is 26.5 Å². The number of amides is 2. The second-order valence-electron chi connectivity index (χ2n) is 7.93. The van der Waals surface area contributed by atoms with Crippen LogP contribution in [-0.2, 0) is 4.79 Å². The lowest BCUT2D eigenvalue weighted by molar-refractivity contribution is -0.167. The summed E-state index contributed by atoms with van der Waals surface area (Å²) in [5.74, 6) is -2.04. The van der Waals surface area contributed by atoms with E-state index in [2.05, 4.69) is 9.97 Å². The number of H-pyrrole nitrogens is 1. The first-order valence-corrected chi connectivity index (χ1v) is 10.4. The smallest absolute Gasteiger partial charge is 0.471 e. The topological polar surface area (TPSA) is 87.3 Å². The van der Waals surface area contributed by atoms with Crippen molar-refractivity contribution in [2.45, 2.75) is 6.18 Å². The number of hydrogen-bond donors (Lipinski definition) is 2. The van der Waals surface area contributed by atoms with Crippen LogP contribution in [-0.4, -0.2) is 54.1 Å². The van der Waals surface area contributed by atoms with Gasteiger partial charge in [0.1, 0.15) is 11.4 Å². The molecule has 10 heteroatoms. The van der Waals surface area contributed by atoms with E-state index < -0.39 is 18.0 Å². The van der Waals surface area contributed by atoms with Crippen molar-refractivity contribution in [3.63, 3.8) is 0 Å². The SMILES string of the molecule is COc1ccccc1-c1c[nH]c2ncc(-c3ccc(NC(=O)C(F)(F)F)c(C(=O)N(C)C)c3)cc12. The number of anilines is 1. The van der Waals surface area contributed by atoms with Crippen molar-refractivity contribution < 1.29 is 27.5 Å². The molecule has 0 aliphatic rings. The van der Waals surface area contributed by atoms with Crippen LogP contribution in [0, 0.1) is 0 Å². The molecule has 180 valence electrons. The number of ether oxygens (including phenoxy) is 1. The number of rotatable bonds is 5. The second kappa shape index (κ2) is 9.13. The average Bonchev–Trinajstić information content (AvgIpc) is 3.26. The van der Waals surface area contributed by atoms with Crippen molar-refractivity contribution >= 4 is 28.5 Å². The zero-order valence-corrected chi connectivity index (χ0v) is 19.0. The number of fused-ring (bicyclic) bond motifs is 1. The summed E-state index contributed by atoms with van der Waals surface area (Å²) in [5.41, 5.74) is 3.20. The van der Waals surface area contributed by atoms with E-state index in [0.29, 0.717) is 22.5 Å². The van der Waals surface area contributed by atoms with E-state index in [4.69, 9.17) is 4.74 Å². The molecule has 0 spiro atoms. The van der Waals surface area contributed by atoms with Crippen LogP contribution < -0.4 is 10.1 Å². The number of pyridine rings is 1. The molecule has 0 bridgehead atoms. The molecule has 0 unspecified atom stereocenters. The number of para-hydroxylation sites is 1. The molecule has 0 radical (unpaired) electrons. The summed E-state index contributed by atoms with van der Waals surface area (Å²) in [4.78, 5) is 33.0. The standard InChI is InChI=1S/C25H21F3N4O3/c1-32(2)23(33)18-10-14(8-9-20(18)31-24(34)25(26,27)28)15-11-17-19(13-30-22(17)29-12-15)16-6-4-5-7-21(16)35-3/h4-13H,1-3H3,(H,29,30)(H,31,34). The van der Waals surface area contributed by atoms with Crippen LogP contribution in [0.2, 0.25) is 0 Å². The molecule has 2 N–H and O–H groups in total. The first-order chi connectivity index (χ1) is 16.6. The van der Waals surface area contributed by atoms with Gasteiger partial charge in [0.15, 0.2) is 0 Å². The van der Waals surface area contributed by atoms with Gasteiger partial charge in [-0.1, -0.05) is 24.3 Å². The lowest BCUT2D eigenvalue weighted by Crippen LogP contribution is -2.31. The van der Waals surface area contributed by atoms with Crippen molar-refractivity contribution in [1.29, 1.82) is 0 Å². The zero-order valence-electron chi connectivity index (χ0n) is 19.0. The molecule has 7 nitrogen and oxygen atoms in total. The Bertz CT molecular complexity index is 1430. The van der Waals surface area contributed by atoms with E-state index in [0.717, 1.165) is 16.5 Å². The van der Waals surface area contributed by atoms with Gasteiger partial charge in [0.05, 0.1) is 18.4 Å². The molecule has 0 saturated heterocycles. The van der Waals surface area contributed by atoms with Crippen LogP contribution in [0.5, 0.6) is 5.75 Å². The van der Waals surface area contributed by atoms with Crippen molar-refractivity contribution in [3.8, 4) is 28.0 Å². The largest absolute Gasteiger partial charge is 0.496 e. The molecule has 4 rings (SSSR count). The third-order valence-corrected chi connectivity index (χ3v) is 5.42. The number of aromatic amines is 1. The highest BCUT2D eigenvalue weighted by Gasteiger charge is 2.39. The van der Waals surface area contributed by atoms with E-state index in [1.54, 1.807) is 18.6 Å². The Morgan fingerprint density at radius 3 is 2.46 bits per heavy atom. The monoisotopic (exact) mass is 482 g/mol. The summed E-state index contributed by atoms with van der Waals surface area (Å²) in [6, 6.07) is 13.6. The highest BCUT2D eigenvalue weighted by atomic mass is 19.4. The number of nitrogens with zero attached hydrogens (tertiary/aromatic N) is 2. The van der Waals surface area contributed by atoms with Crippen LogP contribution in [0.3, 0.4) is 0 Å². The van der Waals surface area contributed by atoms with E-state index in [1.165, 1.54) is 37.2 Å². The maximum Gasteiger partial charge on any atom is 0.471 e. The lowest BCUT2D eigenvalue weighted by atomic mass is 9.99. The van der Waals surface area contributed by atoms with Crippen molar-refractivity contribution in [2.24, 2.45) is 0 Å².